The van der Waals surface area contributed by atoms with Crippen LogP contribution in [0.3, 0.4) is 0 Å². The minimum absolute atomic E-state index is 0.128. The number of aryl methyl sites for hydroxylation is 2. The molecule has 4 heterocycles. The molecule has 0 unspecified atom stereocenters. The second-order valence-electron chi connectivity index (χ2n) is 7.61. The highest BCUT2D eigenvalue weighted by Crippen LogP contribution is 2.20. The van der Waals surface area contributed by atoms with E-state index in [0.717, 1.165) is 15.8 Å². The van der Waals surface area contributed by atoms with Gasteiger partial charge in [-0.05, 0) is 31.2 Å². The van der Waals surface area contributed by atoms with Gasteiger partial charge in [0, 0.05) is 25.3 Å². The Hall–Kier alpha value is -4.61. The van der Waals surface area contributed by atoms with Crippen LogP contribution in [0, 0.1) is 6.92 Å². The molecule has 0 saturated carbocycles. The van der Waals surface area contributed by atoms with Gasteiger partial charge in [0.1, 0.15) is 6.54 Å². The molecule has 33 heavy (non-hydrogen) atoms. The monoisotopic (exact) mass is 445 g/mol. The summed E-state index contributed by atoms with van der Waals surface area (Å²) >= 11 is 0. The third-order valence-electron chi connectivity index (χ3n) is 5.41. The lowest BCUT2D eigenvalue weighted by molar-refractivity contribution is -0.116. The number of rotatable bonds is 4. The van der Waals surface area contributed by atoms with Crippen LogP contribution in [0.4, 0.5) is 5.69 Å². The van der Waals surface area contributed by atoms with Crippen molar-refractivity contribution in [2.24, 2.45) is 14.1 Å². The van der Waals surface area contributed by atoms with Gasteiger partial charge in [-0.3, -0.25) is 18.7 Å². The Morgan fingerprint density at radius 2 is 1.76 bits per heavy atom. The number of amides is 1. The van der Waals surface area contributed by atoms with Gasteiger partial charge in [-0.2, -0.15) is 9.61 Å². The summed E-state index contributed by atoms with van der Waals surface area (Å²) < 4.78 is 5.36. The van der Waals surface area contributed by atoms with Gasteiger partial charge in [0.2, 0.25) is 5.91 Å². The van der Waals surface area contributed by atoms with E-state index in [1.54, 1.807) is 16.6 Å². The Kier molecular flexibility index (Phi) is 4.62. The normalized spacial score (nSPS) is 11.4. The molecule has 0 aliphatic carbocycles. The molecular formula is C21H19N9O3. The largest absolute Gasteiger partial charge is 0.332 e. The minimum atomic E-state index is -0.504. The van der Waals surface area contributed by atoms with E-state index in [-0.39, 0.29) is 23.6 Å². The van der Waals surface area contributed by atoms with Crippen molar-refractivity contribution in [3.8, 4) is 11.3 Å². The molecule has 0 aliphatic rings. The highest BCUT2D eigenvalue weighted by atomic mass is 16.2. The number of benzene rings is 1. The lowest BCUT2D eigenvalue weighted by Crippen LogP contribution is -2.37. The van der Waals surface area contributed by atoms with E-state index in [4.69, 9.17) is 0 Å². The topological polar surface area (TPSA) is 134 Å². The molecule has 0 radical (unpaired) electrons. The molecule has 4 aromatic heterocycles. The van der Waals surface area contributed by atoms with Crippen LogP contribution in [0.15, 0.2) is 52.3 Å². The Balaban J connectivity index is 1.36. The zero-order valence-electron chi connectivity index (χ0n) is 18.1. The minimum Gasteiger partial charge on any atom is -0.325 e. The first-order chi connectivity index (χ1) is 15.8. The van der Waals surface area contributed by atoms with Crippen LogP contribution in [-0.4, -0.2) is 44.4 Å². The molecule has 0 fully saturated rings. The summed E-state index contributed by atoms with van der Waals surface area (Å²) in [5.74, 6) is 0.357. The van der Waals surface area contributed by atoms with Crippen LogP contribution in [0.2, 0.25) is 0 Å². The third-order valence-corrected chi connectivity index (χ3v) is 5.41. The Labute approximate surface area is 185 Å². The molecule has 0 atom stereocenters. The number of anilines is 1. The summed E-state index contributed by atoms with van der Waals surface area (Å²) in [4.78, 5) is 41.3. The number of fused-ring (bicyclic) bond motifs is 2. The van der Waals surface area contributed by atoms with Crippen molar-refractivity contribution in [3.05, 3.63) is 69.4 Å². The van der Waals surface area contributed by atoms with Crippen LogP contribution in [0.25, 0.3) is 28.1 Å². The van der Waals surface area contributed by atoms with E-state index >= 15 is 0 Å². The van der Waals surface area contributed by atoms with Gasteiger partial charge in [0.25, 0.3) is 5.56 Å². The van der Waals surface area contributed by atoms with Crippen LogP contribution in [-0.2, 0) is 25.4 Å². The molecule has 0 saturated heterocycles. The van der Waals surface area contributed by atoms with Gasteiger partial charge in [0.05, 0.1) is 12.0 Å². The average molecular weight is 445 g/mol. The Morgan fingerprint density at radius 1 is 1.00 bits per heavy atom. The zero-order valence-corrected chi connectivity index (χ0v) is 18.1. The van der Waals surface area contributed by atoms with E-state index in [2.05, 4.69) is 25.6 Å². The first-order valence-corrected chi connectivity index (χ1v) is 10.0. The van der Waals surface area contributed by atoms with Crippen molar-refractivity contribution >= 4 is 28.4 Å². The van der Waals surface area contributed by atoms with Crippen molar-refractivity contribution in [2.75, 3.05) is 5.32 Å². The van der Waals surface area contributed by atoms with Crippen molar-refractivity contribution in [1.82, 2.24) is 38.5 Å². The molecule has 1 aromatic carbocycles. The molecule has 5 aromatic rings. The van der Waals surface area contributed by atoms with Crippen molar-refractivity contribution in [2.45, 2.75) is 13.5 Å². The second-order valence-corrected chi connectivity index (χ2v) is 7.61. The Morgan fingerprint density at radius 3 is 2.52 bits per heavy atom. The van der Waals surface area contributed by atoms with Crippen molar-refractivity contribution < 1.29 is 4.79 Å². The SMILES string of the molecule is Cc1nnc2ccc(-c3ccc(NC(=O)Cn4cnc5c4c(=O)n(C)c(=O)n5C)cc3)nn12. The number of imidazole rings is 1. The molecular weight excluding hydrogens is 426 g/mol. The predicted octanol–water partition coefficient (Wildman–Crippen LogP) is 0.486. The van der Waals surface area contributed by atoms with Crippen LogP contribution >= 0.6 is 0 Å². The second kappa shape index (κ2) is 7.51. The smallest absolute Gasteiger partial charge is 0.325 e. The highest BCUT2D eigenvalue weighted by molar-refractivity contribution is 5.91. The van der Waals surface area contributed by atoms with Gasteiger partial charge in [-0.1, -0.05) is 12.1 Å². The molecule has 0 aliphatic heterocycles. The van der Waals surface area contributed by atoms with Crippen LogP contribution in [0.5, 0.6) is 0 Å². The van der Waals surface area contributed by atoms with Gasteiger partial charge in [-0.15, -0.1) is 10.2 Å². The maximum Gasteiger partial charge on any atom is 0.332 e. The summed E-state index contributed by atoms with van der Waals surface area (Å²) in [6, 6.07) is 10.9. The standard InChI is InChI=1S/C21H19N9O3/c1-12-24-25-16-9-8-15(26-30(12)16)13-4-6-14(7-5-13)23-17(31)10-29-11-22-19-18(29)20(32)28(3)21(33)27(19)2/h4-9,11H,10H2,1-3H3,(H,23,31). The van der Waals surface area contributed by atoms with Gasteiger partial charge < -0.3 is 9.88 Å². The number of nitrogens with one attached hydrogen (secondary N) is 1. The predicted molar refractivity (Wildman–Crippen MR) is 120 cm³/mol. The molecule has 5 rings (SSSR count). The fraction of sp³-hybridized carbons (Fsp3) is 0.190. The average Bonchev–Trinajstić information content (AvgIpc) is 3.40. The van der Waals surface area contributed by atoms with Gasteiger partial charge >= 0.3 is 5.69 Å². The van der Waals surface area contributed by atoms with E-state index < -0.39 is 11.2 Å². The molecule has 12 heteroatoms. The van der Waals surface area contributed by atoms with Gasteiger partial charge in [0.15, 0.2) is 22.6 Å². The zero-order chi connectivity index (χ0) is 23.3. The summed E-state index contributed by atoms with van der Waals surface area (Å²) in [7, 11) is 2.92. The molecule has 1 N–H and O–H groups in total. The number of nitrogens with zero attached hydrogens (tertiary/aromatic N) is 8. The number of aromatic nitrogens is 8. The van der Waals surface area contributed by atoms with Crippen LogP contribution < -0.4 is 16.6 Å². The molecule has 1 amide bonds. The summed E-state index contributed by atoms with van der Waals surface area (Å²) in [6.07, 6.45) is 1.38. The lowest BCUT2D eigenvalue weighted by Gasteiger charge is -2.09. The fourth-order valence-electron chi connectivity index (χ4n) is 3.65. The molecule has 0 bridgehead atoms. The third kappa shape index (κ3) is 3.37. The molecule has 0 spiro atoms. The summed E-state index contributed by atoms with van der Waals surface area (Å²) in [6.45, 7) is 1.70. The van der Waals surface area contributed by atoms with Gasteiger partial charge in [-0.25, -0.2) is 9.78 Å². The number of carbonyl (C=O) groups excluding carboxylic acids is 1. The first-order valence-electron chi connectivity index (χ1n) is 10.0. The summed E-state index contributed by atoms with van der Waals surface area (Å²) in [5.41, 5.74) is 2.31. The fourth-order valence-corrected chi connectivity index (χ4v) is 3.65. The van der Waals surface area contributed by atoms with E-state index in [9.17, 15) is 14.4 Å². The highest BCUT2D eigenvalue weighted by Gasteiger charge is 2.16. The summed E-state index contributed by atoms with van der Waals surface area (Å²) in [5, 5.41) is 15.4. The molecule has 166 valence electrons. The maximum atomic E-state index is 12.6. The number of hydrogen-bond donors (Lipinski definition) is 1. The number of carbonyl (C=O) groups is 1. The van der Waals surface area contributed by atoms with Crippen LogP contribution in [0.1, 0.15) is 5.82 Å². The van der Waals surface area contributed by atoms with E-state index in [0.29, 0.717) is 17.2 Å². The Bertz CT molecular complexity index is 1660. The van der Waals surface area contributed by atoms with E-state index in [1.165, 1.54) is 29.6 Å². The quantitative estimate of drug-likeness (QED) is 0.425. The van der Waals surface area contributed by atoms with E-state index in [1.807, 2.05) is 31.2 Å². The van der Waals surface area contributed by atoms with Crippen molar-refractivity contribution in [1.29, 1.82) is 0 Å². The maximum absolute atomic E-state index is 12.6. The number of hydrogen-bond acceptors (Lipinski definition) is 7. The first kappa shape index (κ1) is 20.3. The molecule has 12 nitrogen and oxygen atoms in total. The van der Waals surface area contributed by atoms with Crippen molar-refractivity contribution in [3.63, 3.8) is 0 Å². The lowest BCUT2D eigenvalue weighted by atomic mass is 10.1.